The van der Waals surface area contributed by atoms with E-state index in [1.807, 2.05) is 0 Å². The van der Waals surface area contributed by atoms with E-state index in [0.29, 0.717) is 0 Å². The summed E-state index contributed by atoms with van der Waals surface area (Å²) in [5.41, 5.74) is 2.67. The molecule has 0 amide bonds. The van der Waals surface area contributed by atoms with Crippen molar-refractivity contribution >= 4 is 0 Å². The van der Waals surface area contributed by atoms with E-state index in [4.69, 9.17) is 5.26 Å². The molecule has 0 aromatic heterocycles. The van der Waals surface area contributed by atoms with Crippen LogP contribution in [0.2, 0.25) is 0 Å². The molecule has 12 heavy (non-hydrogen) atoms. The lowest BCUT2D eigenvalue weighted by molar-refractivity contribution is 0.404. The Kier molecular flexibility index (Phi) is 2.38. The highest BCUT2D eigenvalue weighted by Gasteiger charge is 2.26. The van der Waals surface area contributed by atoms with Gasteiger partial charge in [-0.05, 0) is 30.8 Å². The minimum absolute atomic E-state index is 0.189. The predicted molar refractivity (Wildman–Crippen MR) is 50.5 cm³/mol. The molecule has 1 heteroatoms. The lowest BCUT2D eigenvalue weighted by Crippen LogP contribution is -2.18. The fourth-order valence-corrected chi connectivity index (χ4v) is 1.80. The van der Waals surface area contributed by atoms with Crippen LogP contribution in [-0.2, 0) is 0 Å². The first kappa shape index (κ1) is 9.06. The van der Waals surface area contributed by atoms with Crippen LogP contribution in [0.4, 0.5) is 0 Å². The molecule has 0 bridgehead atoms. The van der Waals surface area contributed by atoms with Gasteiger partial charge in [-0.3, -0.25) is 0 Å². The molecule has 0 spiro atoms. The first-order valence-corrected chi connectivity index (χ1v) is 4.35. The molecule has 0 atom stereocenters. The molecule has 0 aliphatic heterocycles. The van der Waals surface area contributed by atoms with Gasteiger partial charge in [0.05, 0.1) is 6.07 Å². The molecule has 0 saturated carbocycles. The van der Waals surface area contributed by atoms with E-state index < -0.39 is 0 Å². The molecule has 0 aromatic carbocycles. The third kappa shape index (κ3) is 1.58. The number of allylic oxidation sites excluding steroid dienone is 4. The molecule has 1 rings (SSSR count). The molecule has 64 valence electrons. The van der Waals surface area contributed by atoms with Gasteiger partial charge in [-0.1, -0.05) is 25.5 Å². The molecular formula is C11H15N. The third-order valence-electron chi connectivity index (χ3n) is 2.58. The molecule has 0 N–H and O–H groups in total. The standard InChI is InChI=1S/C11H15N/c1-9-5-4-7-11(2,3)10(9)6-8-12/h5-6H,4,7H2,1-3H3/b10-6-. The maximum Gasteiger partial charge on any atom is 0.0915 e. The molecule has 1 aliphatic carbocycles. The Hall–Kier alpha value is -1.03. The van der Waals surface area contributed by atoms with Crippen LogP contribution in [-0.4, -0.2) is 0 Å². The van der Waals surface area contributed by atoms with E-state index in [1.165, 1.54) is 11.1 Å². The minimum atomic E-state index is 0.189. The van der Waals surface area contributed by atoms with Crippen molar-refractivity contribution < 1.29 is 0 Å². The van der Waals surface area contributed by atoms with Gasteiger partial charge in [-0.2, -0.15) is 5.26 Å². The van der Waals surface area contributed by atoms with Crippen molar-refractivity contribution in [3.63, 3.8) is 0 Å². The van der Waals surface area contributed by atoms with Gasteiger partial charge in [0.1, 0.15) is 0 Å². The zero-order valence-electron chi connectivity index (χ0n) is 8.02. The topological polar surface area (TPSA) is 23.8 Å². The van der Waals surface area contributed by atoms with Crippen LogP contribution in [0.15, 0.2) is 23.3 Å². The van der Waals surface area contributed by atoms with Crippen LogP contribution < -0.4 is 0 Å². The highest BCUT2D eigenvalue weighted by Crippen LogP contribution is 2.39. The molecule has 1 aliphatic rings. The van der Waals surface area contributed by atoms with Gasteiger partial charge in [0.25, 0.3) is 0 Å². The van der Waals surface area contributed by atoms with Gasteiger partial charge >= 0.3 is 0 Å². The molecule has 0 saturated heterocycles. The fourth-order valence-electron chi connectivity index (χ4n) is 1.80. The lowest BCUT2D eigenvalue weighted by atomic mass is 9.73. The van der Waals surface area contributed by atoms with E-state index in [0.717, 1.165) is 12.8 Å². The first-order valence-electron chi connectivity index (χ1n) is 4.35. The molecule has 0 aromatic rings. The lowest BCUT2D eigenvalue weighted by Gasteiger charge is -2.31. The van der Waals surface area contributed by atoms with E-state index in [9.17, 15) is 0 Å². The Labute approximate surface area is 74.4 Å². The monoisotopic (exact) mass is 161 g/mol. The van der Waals surface area contributed by atoms with E-state index >= 15 is 0 Å². The largest absolute Gasteiger partial charge is 0.193 e. The zero-order chi connectivity index (χ0) is 9.19. The van der Waals surface area contributed by atoms with Crippen LogP contribution in [0.1, 0.15) is 33.6 Å². The van der Waals surface area contributed by atoms with Crippen molar-refractivity contribution in [2.24, 2.45) is 5.41 Å². The number of nitriles is 1. The molecule has 0 fully saturated rings. The summed E-state index contributed by atoms with van der Waals surface area (Å²) in [4.78, 5) is 0. The normalized spacial score (nSPS) is 24.8. The Morgan fingerprint density at radius 1 is 1.58 bits per heavy atom. The minimum Gasteiger partial charge on any atom is -0.193 e. The second kappa shape index (κ2) is 3.15. The van der Waals surface area contributed by atoms with Gasteiger partial charge in [-0.25, -0.2) is 0 Å². The summed E-state index contributed by atoms with van der Waals surface area (Å²) in [7, 11) is 0. The van der Waals surface area contributed by atoms with Gasteiger partial charge in [0.2, 0.25) is 0 Å². The summed E-state index contributed by atoms with van der Waals surface area (Å²) in [6, 6.07) is 2.12. The number of hydrogen-bond acceptors (Lipinski definition) is 1. The summed E-state index contributed by atoms with van der Waals surface area (Å²) >= 11 is 0. The quantitative estimate of drug-likeness (QED) is 0.500. The van der Waals surface area contributed by atoms with Crippen molar-refractivity contribution in [2.75, 3.05) is 0 Å². The fraction of sp³-hybridized carbons (Fsp3) is 0.545. The SMILES string of the molecule is CC1=CCCC(C)(C)/C1=C\C#N. The van der Waals surface area contributed by atoms with Crippen molar-refractivity contribution in [2.45, 2.75) is 33.6 Å². The summed E-state index contributed by atoms with van der Waals surface area (Å²) in [6.07, 6.45) is 6.19. The Morgan fingerprint density at radius 3 is 2.75 bits per heavy atom. The van der Waals surface area contributed by atoms with Crippen LogP contribution in [0.25, 0.3) is 0 Å². The Bertz CT molecular complexity index is 274. The van der Waals surface area contributed by atoms with Crippen LogP contribution >= 0.6 is 0 Å². The molecule has 1 nitrogen and oxygen atoms in total. The Balaban J connectivity index is 3.07. The number of nitrogens with zero attached hydrogens (tertiary/aromatic N) is 1. The van der Waals surface area contributed by atoms with E-state index in [-0.39, 0.29) is 5.41 Å². The number of rotatable bonds is 0. The van der Waals surface area contributed by atoms with Crippen molar-refractivity contribution in [1.29, 1.82) is 5.26 Å². The molecule has 0 heterocycles. The summed E-state index contributed by atoms with van der Waals surface area (Å²) in [6.45, 7) is 6.49. The van der Waals surface area contributed by atoms with Gasteiger partial charge in [0.15, 0.2) is 0 Å². The van der Waals surface area contributed by atoms with E-state index in [1.54, 1.807) is 6.08 Å². The van der Waals surface area contributed by atoms with Crippen LogP contribution in [0.5, 0.6) is 0 Å². The molecule has 0 unspecified atom stereocenters. The highest BCUT2D eigenvalue weighted by molar-refractivity contribution is 5.39. The van der Waals surface area contributed by atoms with Crippen molar-refractivity contribution in [3.8, 4) is 6.07 Å². The third-order valence-corrected chi connectivity index (χ3v) is 2.58. The van der Waals surface area contributed by atoms with Crippen molar-refractivity contribution in [1.82, 2.24) is 0 Å². The average molecular weight is 161 g/mol. The highest BCUT2D eigenvalue weighted by atomic mass is 14.3. The smallest absolute Gasteiger partial charge is 0.0915 e. The average Bonchev–Trinajstić information content (AvgIpc) is 1.97. The first-order chi connectivity index (χ1) is 5.58. The van der Waals surface area contributed by atoms with E-state index in [2.05, 4.69) is 32.9 Å². The zero-order valence-corrected chi connectivity index (χ0v) is 8.02. The van der Waals surface area contributed by atoms with Gasteiger partial charge in [-0.15, -0.1) is 0 Å². The maximum atomic E-state index is 8.61. The van der Waals surface area contributed by atoms with Crippen LogP contribution in [0, 0.1) is 16.7 Å². The van der Waals surface area contributed by atoms with Crippen LogP contribution in [0.3, 0.4) is 0 Å². The van der Waals surface area contributed by atoms with Crippen molar-refractivity contribution in [3.05, 3.63) is 23.3 Å². The summed E-state index contributed by atoms with van der Waals surface area (Å²) < 4.78 is 0. The summed E-state index contributed by atoms with van der Waals surface area (Å²) in [5.74, 6) is 0. The molecule has 0 radical (unpaired) electrons. The second-order valence-corrected chi connectivity index (χ2v) is 4.00. The van der Waals surface area contributed by atoms with Gasteiger partial charge < -0.3 is 0 Å². The molecular weight excluding hydrogens is 146 g/mol. The Morgan fingerprint density at radius 2 is 2.25 bits per heavy atom. The maximum absolute atomic E-state index is 8.61. The second-order valence-electron chi connectivity index (χ2n) is 4.00. The number of hydrogen-bond donors (Lipinski definition) is 0. The summed E-state index contributed by atoms with van der Waals surface area (Å²) in [5, 5.41) is 8.61. The predicted octanol–water partition coefficient (Wildman–Crippen LogP) is 3.20. The van der Waals surface area contributed by atoms with Gasteiger partial charge in [0, 0.05) is 6.08 Å².